The second-order valence-electron chi connectivity index (χ2n) is 4.64. The molecule has 2 aromatic heterocycles. The molecule has 1 aromatic carbocycles. The Morgan fingerprint density at radius 1 is 0.909 bits per heavy atom. The Bertz CT molecular complexity index is 694. The van der Waals surface area contributed by atoms with Crippen LogP contribution in [0.25, 0.3) is 16.9 Å². The number of hydrogen-bond donors (Lipinski definition) is 0. The monoisotopic (exact) mass is 296 g/mol. The van der Waals surface area contributed by atoms with E-state index in [1.54, 1.807) is 24.3 Å². The Morgan fingerprint density at radius 2 is 1.64 bits per heavy atom. The fraction of sp³-hybridized carbons (Fsp3) is 0.188. The van der Waals surface area contributed by atoms with Gasteiger partial charge in [0.2, 0.25) is 0 Å². The molecule has 3 aromatic rings. The van der Waals surface area contributed by atoms with Gasteiger partial charge >= 0.3 is 0 Å². The summed E-state index contributed by atoms with van der Waals surface area (Å²) in [7, 11) is 1.66. The fourth-order valence-electron chi connectivity index (χ4n) is 2.02. The number of hydrogen-bond acceptors (Lipinski definition) is 5. The standard InChI is InChI=1S/C16H16N4O2/c1-21-8-9-22-15-5-2-13(3-6-15)14-4-7-16(17-10-14)20-11-18-19-12-20/h2-7,10-12H,8-9H2,1H3. The number of aromatic nitrogens is 4. The van der Waals surface area contributed by atoms with Crippen molar-refractivity contribution in [3.05, 3.63) is 55.2 Å². The molecule has 0 aliphatic heterocycles. The van der Waals surface area contributed by atoms with E-state index in [4.69, 9.17) is 9.47 Å². The highest BCUT2D eigenvalue weighted by Crippen LogP contribution is 2.22. The zero-order valence-corrected chi connectivity index (χ0v) is 12.2. The molecule has 0 aliphatic rings. The molecule has 0 saturated heterocycles. The number of benzene rings is 1. The van der Waals surface area contributed by atoms with Crippen molar-refractivity contribution in [3.8, 4) is 22.7 Å². The molecule has 0 bridgehead atoms. The summed E-state index contributed by atoms with van der Waals surface area (Å²) in [6.07, 6.45) is 5.07. The number of pyridine rings is 1. The van der Waals surface area contributed by atoms with Crippen LogP contribution in [0.3, 0.4) is 0 Å². The molecule has 3 rings (SSSR count). The third-order valence-electron chi connectivity index (χ3n) is 3.17. The molecule has 0 atom stereocenters. The molecule has 0 amide bonds. The summed E-state index contributed by atoms with van der Waals surface area (Å²) >= 11 is 0. The van der Waals surface area contributed by atoms with Gasteiger partial charge in [0, 0.05) is 18.9 Å². The predicted octanol–water partition coefficient (Wildman–Crippen LogP) is 2.35. The van der Waals surface area contributed by atoms with Crippen molar-refractivity contribution in [1.29, 1.82) is 0 Å². The second-order valence-corrected chi connectivity index (χ2v) is 4.64. The predicted molar refractivity (Wildman–Crippen MR) is 82.0 cm³/mol. The smallest absolute Gasteiger partial charge is 0.139 e. The highest BCUT2D eigenvalue weighted by molar-refractivity contribution is 5.63. The highest BCUT2D eigenvalue weighted by Gasteiger charge is 2.02. The number of methoxy groups -OCH3 is 1. The van der Waals surface area contributed by atoms with E-state index in [1.807, 2.05) is 42.6 Å². The van der Waals surface area contributed by atoms with Gasteiger partial charge in [-0.2, -0.15) is 0 Å². The van der Waals surface area contributed by atoms with Crippen molar-refractivity contribution in [2.24, 2.45) is 0 Å². The first-order valence-electron chi connectivity index (χ1n) is 6.90. The van der Waals surface area contributed by atoms with E-state index < -0.39 is 0 Å². The molecule has 2 heterocycles. The van der Waals surface area contributed by atoms with Crippen LogP contribution in [0.1, 0.15) is 0 Å². The van der Waals surface area contributed by atoms with Crippen molar-refractivity contribution in [2.75, 3.05) is 20.3 Å². The largest absolute Gasteiger partial charge is 0.491 e. The summed E-state index contributed by atoms with van der Waals surface area (Å²) in [5.74, 6) is 1.61. The van der Waals surface area contributed by atoms with Crippen LogP contribution < -0.4 is 4.74 Å². The van der Waals surface area contributed by atoms with Gasteiger partial charge in [-0.05, 0) is 29.8 Å². The van der Waals surface area contributed by atoms with Crippen LogP contribution in [0, 0.1) is 0 Å². The van der Waals surface area contributed by atoms with E-state index in [-0.39, 0.29) is 0 Å². The maximum atomic E-state index is 5.55. The molecule has 0 N–H and O–H groups in total. The molecule has 112 valence electrons. The first-order chi connectivity index (χ1) is 10.9. The summed E-state index contributed by atoms with van der Waals surface area (Å²) in [5, 5.41) is 7.54. The van der Waals surface area contributed by atoms with Gasteiger partial charge in [-0.25, -0.2) is 4.98 Å². The van der Waals surface area contributed by atoms with Crippen LogP contribution in [0.15, 0.2) is 55.2 Å². The van der Waals surface area contributed by atoms with Crippen LogP contribution >= 0.6 is 0 Å². The lowest BCUT2D eigenvalue weighted by atomic mass is 10.1. The zero-order chi connectivity index (χ0) is 15.2. The highest BCUT2D eigenvalue weighted by atomic mass is 16.5. The SMILES string of the molecule is COCCOc1ccc(-c2ccc(-n3cnnc3)nc2)cc1. The third-order valence-corrected chi connectivity index (χ3v) is 3.17. The van der Waals surface area contributed by atoms with Crippen LogP contribution in [-0.4, -0.2) is 40.1 Å². The molecule has 0 aliphatic carbocycles. The molecule has 0 spiro atoms. The first kappa shape index (κ1) is 14.2. The van der Waals surface area contributed by atoms with Crippen LogP contribution in [0.4, 0.5) is 0 Å². The minimum Gasteiger partial charge on any atom is -0.491 e. The zero-order valence-electron chi connectivity index (χ0n) is 12.2. The molecular formula is C16H16N4O2. The molecule has 6 nitrogen and oxygen atoms in total. The quantitative estimate of drug-likeness (QED) is 0.653. The van der Waals surface area contributed by atoms with Gasteiger partial charge in [-0.15, -0.1) is 10.2 Å². The van der Waals surface area contributed by atoms with E-state index in [1.165, 1.54) is 0 Å². The fourth-order valence-corrected chi connectivity index (χ4v) is 2.02. The lowest BCUT2D eigenvalue weighted by Crippen LogP contribution is -2.03. The van der Waals surface area contributed by atoms with Crippen molar-refractivity contribution >= 4 is 0 Å². The lowest BCUT2D eigenvalue weighted by molar-refractivity contribution is 0.146. The molecule has 0 fully saturated rings. The Kier molecular flexibility index (Phi) is 4.41. The van der Waals surface area contributed by atoms with E-state index >= 15 is 0 Å². The average molecular weight is 296 g/mol. The lowest BCUT2D eigenvalue weighted by Gasteiger charge is -2.07. The van der Waals surface area contributed by atoms with E-state index in [9.17, 15) is 0 Å². The Morgan fingerprint density at radius 3 is 2.27 bits per heavy atom. The Labute approximate surface area is 128 Å². The van der Waals surface area contributed by atoms with Gasteiger partial charge in [0.25, 0.3) is 0 Å². The normalized spacial score (nSPS) is 10.6. The minimum absolute atomic E-state index is 0.547. The average Bonchev–Trinajstić information content (AvgIpc) is 3.11. The first-order valence-corrected chi connectivity index (χ1v) is 6.90. The van der Waals surface area contributed by atoms with Gasteiger partial charge in [-0.1, -0.05) is 12.1 Å². The van der Waals surface area contributed by atoms with Gasteiger partial charge < -0.3 is 9.47 Å². The van der Waals surface area contributed by atoms with Crippen LogP contribution in [0.2, 0.25) is 0 Å². The van der Waals surface area contributed by atoms with Crippen molar-refractivity contribution in [2.45, 2.75) is 0 Å². The number of ether oxygens (including phenoxy) is 2. The summed E-state index contributed by atoms with van der Waals surface area (Å²) < 4.78 is 12.3. The van der Waals surface area contributed by atoms with E-state index in [0.717, 1.165) is 22.7 Å². The molecular weight excluding hydrogens is 280 g/mol. The maximum absolute atomic E-state index is 5.55. The summed E-state index contributed by atoms with van der Waals surface area (Å²) in [4.78, 5) is 4.42. The summed E-state index contributed by atoms with van der Waals surface area (Å²) in [5.41, 5.74) is 2.13. The van der Waals surface area contributed by atoms with Gasteiger partial charge in [0.15, 0.2) is 0 Å². The minimum atomic E-state index is 0.547. The Hall–Kier alpha value is -2.73. The summed E-state index contributed by atoms with van der Waals surface area (Å²) in [6, 6.07) is 11.9. The molecule has 6 heteroatoms. The maximum Gasteiger partial charge on any atom is 0.139 e. The molecule has 22 heavy (non-hydrogen) atoms. The van der Waals surface area contributed by atoms with E-state index in [2.05, 4.69) is 15.2 Å². The van der Waals surface area contributed by atoms with E-state index in [0.29, 0.717) is 13.2 Å². The Balaban J connectivity index is 1.71. The van der Waals surface area contributed by atoms with Crippen molar-refractivity contribution in [3.63, 3.8) is 0 Å². The number of nitrogens with zero attached hydrogens (tertiary/aromatic N) is 4. The summed E-state index contributed by atoms with van der Waals surface area (Å²) in [6.45, 7) is 1.13. The van der Waals surface area contributed by atoms with Crippen LogP contribution in [-0.2, 0) is 4.74 Å². The molecule has 0 radical (unpaired) electrons. The molecule has 0 saturated carbocycles. The van der Waals surface area contributed by atoms with Gasteiger partial charge in [-0.3, -0.25) is 4.57 Å². The van der Waals surface area contributed by atoms with Crippen molar-refractivity contribution in [1.82, 2.24) is 19.7 Å². The van der Waals surface area contributed by atoms with Gasteiger partial charge in [0.1, 0.15) is 30.8 Å². The van der Waals surface area contributed by atoms with Crippen LogP contribution in [0.5, 0.6) is 5.75 Å². The number of rotatable bonds is 6. The topological polar surface area (TPSA) is 62.1 Å². The molecule has 0 unspecified atom stereocenters. The second kappa shape index (κ2) is 6.82. The van der Waals surface area contributed by atoms with Crippen molar-refractivity contribution < 1.29 is 9.47 Å². The van der Waals surface area contributed by atoms with Gasteiger partial charge in [0.05, 0.1) is 6.61 Å². The third kappa shape index (κ3) is 3.29.